The monoisotopic (exact) mass is 220 g/mol. The van der Waals surface area contributed by atoms with Gasteiger partial charge in [0.05, 0.1) is 17.8 Å². The van der Waals surface area contributed by atoms with Gasteiger partial charge in [-0.2, -0.15) is 5.26 Å². The van der Waals surface area contributed by atoms with Gasteiger partial charge in [-0.05, 0) is 25.5 Å². The molecule has 0 aliphatic carbocycles. The highest BCUT2D eigenvalue weighted by molar-refractivity contribution is 5.55. The smallest absolute Gasteiger partial charge is 0.165 e. The lowest BCUT2D eigenvalue weighted by molar-refractivity contribution is 0.218. The molecule has 0 aliphatic rings. The van der Waals surface area contributed by atoms with Crippen molar-refractivity contribution in [1.29, 1.82) is 5.26 Å². The molecule has 1 atom stereocenters. The maximum Gasteiger partial charge on any atom is 0.165 e. The molecule has 16 heavy (non-hydrogen) atoms. The number of nitrogen functional groups attached to an aromatic ring is 1. The average molecular weight is 220 g/mol. The SMILES string of the molecule is CCC(C)(CO)Nc1ccc(N)c(C#N)n1. The summed E-state index contributed by atoms with van der Waals surface area (Å²) in [6.45, 7) is 3.85. The lowest BCUT2D eigenvalue weighted by Gasteiger charge is -2.27. The van der Waals surface area contributed by atoms with Gasteiger partial charge in [-0.15, -0.1) is 0 Å². The van der Waals surface area contributed by atoms with Crippen molar-refractivity contribution in [3.63, 3.8) is 0 Å². The van der Waals surface area contributed by atoms with E-state index in [2.05, 4.69) is 10.3 Å². The summed E-state index contributed by atoms with van der Waals surface area (Å²) in [5.41, 5.74) is 5.68. The van der Waals surface area contributed by atoms with E-state index in [1.807, 2.05) is 19.9 Å². The van der Waals surface area contributed by atoms with Crippen molar-refractivity contribution >= 4 is 11.5 Å². The molecule has 4 N–H and O–H groups in total. The van der Waals surface area contributed by atoms with Crippen LogP contribution in [0.3, 0.4) is 0 Å². The quantitative estimate of drug-likeness (QED) is 0.706. The minimum atomic E-state index is -0.435. The summed E-state index contributed by atoms with van der Waals surface area (Å²) in [6.07, 6.45) is 0.747. The van der Waals surface area contributed by atoms with E-state index in [0.29, 0.717) is 11.5 Å². The van der Waals surface area contributed by atoms with Crippen LogP contribution in [0.15, 0.2) is 12.1 Å². The molecule has 1 aromatic rings. The fourth-order valence-corrected chi connectivity index (χ4v) is 1.18. The van der Waals surface area contributed by atoms with Crippen molar-refractivity contribution in [3.05, 3.63) is 17.8 Å². The first-order valence-corrected chi connectivity index (χ1v) is 5.10. The minimum absolute atomic E-state index is 0.00254. The number of nitrogens with two attached hydrogens (primary N) is 1. The summed E-state index contributed by atoms with van der Waals surface area (Å²) in [7, 11) is 0. The normalized spacial score (nSPS) is 13.9. The highest BCUT2D eigenvalue weighted by Gasteiger charge is 2.21. The molecule has 0 spiro atoms. The topological polar surface area (TPSA) is 95.0 Å². The molecule has 1 rings (SSSR count). The lowest BCUT2D eigenvalue weighted by atomic mass is 10.0. The molecule has 0 saturated carbocycles. The number of aliphatic hydroxyl groups is 1. The molecule has 0 saturated heterocycles. The highest BCUT2D eigenvalue weighted by atomic mass is 16.3. The van der Waals surface area contributed by atoms with Crippen LogP contribution < -0.4 is 11.1 Å². The molecule has 0 fully saturated rings. The van der Waals surface area contributed by atoms with Crippen LogP contribution in [0.2, 0.25) is 0 Å². The number of hydrogen-bond donors (Lipinski definition) is 3. The number of nitriles is 1. The largest absolute Gasteiger partial charge is 0.396 e. The predicted octanol–water partition coefficient (Wildman–Crippen LogP) is 1.11. The molecule has 5 heteroatoms. The van der Waals surface area contributed by atoms with E-state index >= 15 is 0 Å². The van der Waals surface area contributed by atoms with Gasteiger partial charge in [0.15, 0.2) is 5.69 Å². The predicted molar refractivity (Wildman–Crippen MR) is 62.8 cm³/mol. The molecule has 0 amide bonds. The van der Waals surface area contributed by atoms with E-state index in [-0.39, 0.29) is 12.3 Å². The zero-order chi connectivity index (χ0) is 12.2. The van der Waals surface area contributed by atoms with Crippen molar-refractivity contribution in [1.82, 2.24) is 4.98 Å². The Morgan fingerprint density at radius 1 is 1.62 bits per heavy atom. The third-order valence-electron chi connectivity index (χ3n) is 2.59. The minimum Gasteiger partial charge on any atom is -0.396 e. The van der Waals surface area contributed by atoms with Gasteiger partial charge >= 0.3 is 0 Å². The Morgan fingerprint density at radius 2 is 2.31 bits per heavy atom. The second-order valence-corrected chi connectivity index (χ2v) is 3.94. The Bertz CT molecular complexity index is 407. The first-order valence-electron chi connectivity index (χ1n) is 5.10. The number of nitrogens with one attached hydrogen (secondary N) is 1. The molecule has 0 bridgehead atoms. The molecule has 1 unspecified atom stereocenters. The fraction of sp³-hybridized carbons (Fsp3) is 0.455. The Balaban J connectivity index is 2.95. The van der Waals surface area contributed by atoms with Crippen molar-refractivity contribution in [2.45, 2.75) is 25.8 Å². The summed E-state index contributed by atoms with van der Waals surface area (Å²) >= 11 is 0. The summed E-state index contributed by atoms with van der Waals surface area (Å²) < 4.78 is 0. The molecular weight excluding hydrogens is 204 g/mol. The van der Waals surface area contributed by atoms with E-state index in [9.17, 15) is 5.11 Å². The van der Waals surface area contributed by atoms with Gasteiger partial charge in [0.2, 0.25) is 0 Å². The zero-order valence-corrected chi connectivity index (χ0v) is 9.49. The van der Waals surface area contributed by atoms with E-state index < -0.39 is 5.54 Å². The van der Waals surface area contributed by atoms with Crippen LogP contribution in [0.1, 0.15) is 26.0 Å². The van der Waals surface area contributed by atoms with Crippen molar-refractivity contribution in [3.8, 4) is 6.07 Å². The molecular formula is C11H16N4O. The van der Waals surface area contributed by atoms with Crippen LogP contribution in [0.4, 0.5) is 11.5 Å². The molecule has 0 aliphatic heterocycles. The maximum atomic E-state index is 9.25. The van der Waals surface area contributed by atoms with Crippen molar-refractivity contribution in [2.75, 3.05) is 17.7 Å². The first-order chi connectivity index (χ1) is 7.54. The summed E-state index contributed by atoms with van der Waals surface area (Å²) in [4.78, 5) is 4.06. The maximum absolute atomic E-state index is 9.25. The van der Waals surface area contributed by atoms with Gasteiger partial charge < -0.3 is 16.2 Å². The molecule has 86 valence electrons. The van der Waals surface area contributed by atoms with Gasteiger partial charge in [0, 0.05) is 0 Å². The Morgan fingerprint density at radius 3 is 2.81 bits per heavy atom. The number of aliphatic hydroxyl groups excluding tert-OH is 1. The fourth-order valence-electron chi connectivity index (χ4n) is 1.18. The third kappa shape index (κ3) is 2.61. The van der Waals surface area contributed by atoms with Gasteiger partial charge in [0.25, 0.3) is 0 Å². The zero-order valence-electron chi connectivity index (χ0n) is 9.49. The Kier molecular flexibility index (Phi) is 3.69. The van der Waals surface area contributed by atoms with Crippen LogP contribution in [-0.2, 0) is 0 Å². The van der Waals surface area contributed by atoms with Gasteiger partial charge in [0.1, 0.15) is 11.9 Å². The van der Waals surface area contributed by atoms with Crippen LogP contribution >= 0.6 is 0 Å². The number of aromatic nitrogens is 1. The van der Waals surface area contributed by atoms with E-state index in [0.717, 1.165) is 6.42 Å². The summed E-state index contributed by atoms with van der Waals surface area (Å²) in [5.74, 6) is 0.546. The number of rotatable bonds is 4. The number of hydrogen-bond acceptors (Lipinski definition) is 5. The van der Waals surface area contributed by atoms with Crippen molar-refractivity contribution in [2.24, 2.45) is 0 Å². The molecule has 5 nitrogen and oxygen atoms in total. The van der Waals surface area contributed by atoms with E-state index in [4.69, 9.17) is 11.0 Å². The van der Waals surface area contributed by atoms with Gasteiger partial charge in [-0.3, -0.25) is 0 Å². The van der Waals surface area contributed by atoms with E-state index in [1.54, 1.807) is 12.1 Å². The second kappa shape index (κ2) is 4.81. The molecule has 0 aromatic carbocycles. The second-order valence-electron chi connectivity index (χ2n) is 3.94. The van der Waals surface area contributed by atoms with Crippen LogP contribution in [0.25, 0.3) is 0 Å². The van der Waals surface area contributed by atoms with Gasteiger partial charge in [-0.25, -0.2) is 4.98 Å². The van der Waals surface area contributed by atoms with Crippen LogP contribution in [0, 0.1) is 11.3 Å². The highest BCUT2D eigenvalue weighted by Crippen LogP contribution is 2.18. The molecule has 0 radical (unpaired) electrons. The van der Waals surface area contributed by atoms with Crippen LogP contribution in [0.5, 0.6) is 0 Å². The first kappa shape index (κ1) is 12.3. The molecule has 1 aromatic heterocycles. The Labute approximate surface area is 94.9 Å². The standard InChI is InChI=1S/C11H16N4O/c1-3-11(2,7-16)15-10-5-4-8(13)9(6-12)14-10/h4-5,16H,3,7,13H2,1-2H3,(H,14,15). The summed E-state index contributed by atoms with van der Waals surface area (Å²) in [5, 5.41) is 21.1. The average Bonchev–Trinajstić information content (AvgIpc) is 2.31. The van der Waals surface area contributed by atoms with Crippen molar-refractivity contribution < 1.29 is 5.11 Å². The number of nitrogens with zero attached hydrogens (tertiary/aromatic N) is 2. The van der Waals surface area contributed by atoms with E-state index in [1.165, 1.54) is 0 Å². The number of pyridine rings is 1. The lowest BCUT2D eigenvalue weighted by Crippen LogP contribution is -2.38. The van der Waals surface area contributed by atoms with Crippen LogP contribution in [-0.4, -0.2) is 22.2 Å². The number of anilines is 2. The van der Waals surface area contributed by atoms with Gasteiger partial charge in [-0.1, -0.05) is 6.92 Å². The molecule has 1 heterocycles. The third-order valence-corrected chi connectivity index (χ3v) is 2.59. The summed E-state index contributed by atoms with van der Waals surface area (Å²) in [6, 6.07) is 5.24. The Hall–Kier alpha value is -1.80.